The molecule has 1 atom stereocenters. The van der Waals surface area contributed by atoms with Crippen LogP contribution in [-0.2, 0) is 4.79 Å². The van der Waals surface area contributed by atoms with E-state index in [4.69, 9.17) is 4.74 Å². The van der Waals surface area contributed by atoms with Gasteiger partial charge in [-0.2, -0.15) is 0 Å². The van der Waals surface area contributed by atoms with Crippen LogP contribution in [0.1, 0.15) is 23.5 Å². The maximum Gasteiger partial charge on any atom is 0.225 e. The number of aromatic hydroxyl groups is 1. The molecule has 0 spiro atoms. The Labute approximate surface area is 152 Å². The first-order valence-corrected chi connectivity index (χ1v) is 8.52. The van der Waals surface area contributed by atoms with Gasteiger partial charge in [-0.15, -0.1) is 0 Å². The van der Waals surface area contributed by atoms with Gasteiger partial charge in [0.1, 0.15) is 0 Å². The van der Waals surface area contributed by atoms with Gasteiger partial charge in [0.05, 0.1) is 7.11 Å². The van der Waals surface area contributed by atoms with Crippen LogP contribution in [0.5, 0.6) is 11.5 Å². The number of ether oxygens (including phenoxy) is 1. The Morgan fingerprint density at radius 3 is 2.50 bits per heavy atom. The van der Waals surface area contributed by atoms with Gasteiger partial charge < -0.3 is 15.2 Å². The summed E-state index contributed by atoms with van der Waals surface area (Å²) in [5.74, 6) is 0.246. The van der Waals surface area contributed by atoms with Crippen molar-refractivity contribution in [1.82, 2.24) is 0 Å². The van der Waals surface area contributed by atoms with Crippen molar-refractivity contribution < 1.29 is 14.6 Å². The first-order chi connectivity index (χ1) is 12.7. The van der Waals surface area contributed by atoms with Gasteiger partial charge in [0.15, 0.2) is 11.5 Å². The zero-order valence-electron chi connectivity index (χ0n) is 14.4. The van der Waals surface area contributed by atoms with Crippen molar-refractivity contribution >= 4 is 11.6 Å². The minimum absolute atomic E-state index is 0.0434. The van der Waals surface area contributed by atoms with E-state index in [0.717, 1.165) is 22.3 Å². The van der Waals surface area contributed by atoms with Crippen LogP contribution in [0.15, 0.2) is 66.7 Å². The molecule has 0 fully saturated rings. The third-order valence-electron chi connectivity index (χ3n) is 4.81. The zero-order chi connectivity index (χ0) is 18.1. The molecule has 26 heavy (non-hydrogen) atoms. The Morgan fingerprint density at radius 1 is 1.00 bits per heavy atom. The molecule has 4 rings (SSSR count). The van der Waals surface area contributed by atoms with Crippen molar-refractivity contribution in [2.24, 2.45) is 0 Å². The van der Waals surface area contributed by atoms with Gasteiger partial charge in [0.2, 0.25) is 5.91 Å². The zero-order valence-corrected chi connectivity index (χ0v) is 14.4. The molecule has 0 saturated carbocycles. The summed E-state index contributed by atoms with van der Waals surface area (Å²) in [6.45, 7) is 0. The molecule has 0 saturated heterocycles. The number of nitrogens with one attached hydrogen (secondary N) is 1. The summed E-state index contributed by atoms with van der Waals surface area (Å²) in [6.07, 6.45) is 0.336. The monoisotopic (exact) mass is 345 g/mol. The van der Waals surface area contributed by atoms with Crippen LogP contribution in [0.4, 0.5) is 5.69 Å². The van der Waals surface area contributed by atoms with E-state index in [-0.39, 0.29) is 17.6 Å². The molecule has 0 aromatic heterocycles. The largest absolute Gasteiger partial charge is 0.504 e. The fourth-order valence-electron chi connectivity index (χ4n) is 3.60. The summed E-state index contributed by atoms with van der Waals surface area (Å²) in [7, 11) is 1.49. The van der Waals surface area contributed by atoms with E-state index in [0.29, 0.717) is 17.9 Å². The second-order valence-electron chi connectivity index (χ2n) is 6.37. The maximum absolute atomic E-state index is 12.3. The highest BCUT2D eigenvalue weighted by Crippen LogP contribution is 2.44. The molecule has 0 radical (unpaired) electrons. The average Bonchev–Trinajstić information content (AvgIpc) is 2.68. The third-order valence-corrected chi connectivity index (χ3v) is 4.81. The molecule has 3 aromatic carbocycles. The van der Waals surface area contributed by atoms with Crippen molar-refractivity contribution in [3.63, 3.8) is 0 Å². The van der Waals surface area contributed by atoms with Crippen LogP contribution in [0.25, 0.3) is 11.1 Å². The number of fused-ring (bicyclic) bond motifs is 1. The van der Waals surface area contributed by atoms with Gasteiger partial charge >= 0.3 is 0 Å². The quantitative estimate of drug-likeness (QED) is 0.685. The van der Waals surface area contributed by atoms with Crippen LogP contribution in [0.3, 0.4) is 0 Å². The summed E-state index contributed by atoms with van der Waals surface area (Å²) in [5.41, 5.74) is 4.84. The van der Waals surface area contributed by atoms with Gasteiger partial charge in [-0.3, -0.25) is 4.79 Å². The number of benzene rings is 3. The summed E-state index contributed by atoms with van der Waals surface area (Å²) in [4.78, 5) is 12.3. The molecule has 0 unspecified atom stereocenters. The van der Waals surface area contributed by atoms with E-state index in [1.165, 1.54) is 7.11 Å². The molecule has 130 valence electrons. The van der Waals surface area contributed by atoms with Crippen LogP contribution < -0.4 is 10.1 Å². The van der Waals surface area contributed by atoms with Crippen molar-refractivity contribution in [3.8, 4) is 22.6 Å². The lowest BCUT2D eigenvalue weighted by molar-refractivity contribution is -0.116. The van der Waals surface area contributed by atoms with Crippen LogP contribution in [0, 0.1) is 0 Å². The smallest absolute Gasteiger partial charge is 0.225 e. The lowest BCUT2D eigenvalue weighted by atomic mass is 9.81. The lowest BCUT2D eigenvalue weighted by Gasteiger charge is -2.28. The Morgan fingerprint density at radius 2 is 1.73 bits per heavy atom. The van der Waals surface area contributed by atoms with Gasteiger partial charge in [-0.05, 0) is 28.3 Å². The number of hydrogen-bond donors (Lipinski definition) is 2. The van der Waals surface area contributed by atoms with E-state index in [1.807, 2.05) is 30.3 Å². The second-order valence-corrected chi connectivity index (χ2v) is 6.37. The number of rotatable bonds is 3. The fraction of sp³-hybridized carbons (Fsp3) is 0.136. The number of phenolic OH excluding ortho intramolecular Hbond substituents is 1. The predicted molar refractivity (Wildman–Crippen MR) is 102 cm³/mol. The van der Waals surface area contributed by atoms with Crippen molar-refractivity contribution in [1.29, 1.82) is 0 Å². The van der Waals surface area contributed by atoms with Crippen molar-refractivity contribution in [2.45, 2.75) is 12.3 Å². The number of carbonyl (C=O) groups is 1. The molecule has 0 aliphatic carbocycles. The number of methoxy groups -OCH3 is 1. The highest BCUT2D eigenvalue weighted by atomic mass is 16.5. The molecule has 2 N–H and O–H groups in total. The van der Waals surface area contributed by atoms with Gasteiger partial charge in [-0.1, -0.05) is 54.6 Å². The standard InChI is InChI=1S/C22H19NO3/c1-26-21-13-19-18(11-20(21)24)17(12-22(25)23-19)16-10-6-5-9-15(16)14-7-3-2-4-8-14/h2-11,13,17,24H,12H2,1H3,(H,23,25)/t17-/m0/s1. The number of anilines is 1. The van der Waals surface area contributed by atoms with Gasteiger partial charge in [0, 0.05) is 24.1 Å². The molecule has 1 aliphatic rings. The van der Waals surface area contributed by atoms with E-state index in [2.05, 4.69) is 29.6 Å². The van der Waals surface area contributed by atoms with E-state index >= 15 is 0 Å². The highest BCUT2D eigenvalue weighted by molar-refractivity contribution is 5.96. The first-order valence-electron chi connectivity index (χ1n) is 8.52. The minimum Gasteiger partial charge on any atom is -0.504 e. The minimum atomic E-state index is -0.132. The van der Waals surface area contributed by atoms with Gasteiger partial charge in [0.25, 0.3) is 0 Å². The molecule has 1 aliphatic heterocycles. The topological polar surface area (TPSA) is 58.6 Å². The van der Waals surface area contributed by atoms with Crippen LogP contribution >= 0.6 is 0 Å². The fourth-order valence-corrected chi connectivity index (χ4v) is 3.60. The van der Waals surface area contributed by atoms with E-state index in [9.17, 15) is 9.90 Å². The summed E-state index contributed by atoms with van der Waals surface area (Å²) in [6, 6.07) is 21.6. The molecule has 3 aromatic rings. The lowest BCUT2D eigenvalue weighted by Crippen LogP contribution is -2.23. The SMILES string of the molecule is COc1cc2c(cc1O)[C@H](c1ccccc1-c1ccccc1)CC(=O)N2. The number of hydrogen-bond acceptors (Lipinski definition) is 3. The number of carbonyl (C=O) groups excluding carboxylic acids is 1. The number of amides is 1. The van der Waals surface area contributed by atoms with Crippen molar-refractivity contribution in [2.75, 3.05) is 12.4 Å². The summed E-state index contributed by atoms with van der Waals surface area (Å²) in [5, 5.41) is 13.1. The normalized spacial score (nSPS) is 15.9. The molecular formula is C22H19NO3. The van der Waals surface area contributed by atoms with E-state index < -0.39 is 0 Å². The molecule has 4 nitrogen and oxygen atoms in total. The Kier molecular flexibility index (Phi) is 4.09. The van der Waals surface area contributed by atoms with Crippen molar-refractivity contribution in [3.05, 3.63) is 77.9 Å². The summed E-state index contributed by atoms with van der Waals surface area (Å²) >= 11 is 0. The Bertz CT molecular complexity index is 966. The molecule has 1 amide bonds. The van der Waals surface area contributed by atoms with E-state index in [1.54, 1.807) is 12.1 Å². The third kappa shape index (κ3) is 2.80. The molecule has 4 heteroatoms. The first kappa shape index (κ1) is 16.2. The van der Waals surface area contributed by atoms with Crippen LogP contribution in [0.2, 0.25) is 0 Å². The molecule has 1 heterocycles. The second kappa shape index (κ2) is 6.56. The predicted octanol–water partition coefficient (Wildman–Crippen LogP) is 4.54. The average molecular weight is 345 g/mol. The van der Waals surface area contributed by atoms with Gasteiger partial charge in [-0.25, -0.2) is 0 Å². The Balaban J connectivity index is 1.88. The maximum atomic E-state index is 12.3. The highest BCUT2D eigenvalue weighted by Gasteiger charge is 2.29. The summed E-state index contributed by atoms with van der Waals surface area (Å²) < 4.78 is 5.18. The van der Waals surface area contributed by atoms with Crippen LogP contribution in [-0.4, -0.2) is 18.1 Å². The Hall–Kier alpha value is -3.27. The molecule has 0 bridgehead atoms. The molecular weight excluding hydrogens is 326 g/mol. The number of phenols is 1.